The number of nitro groups is 1. The maximum Gasteiger partial charge on any atom is 0.322 e. The Balaban J connectivity index is 1.96. The molecule has 6 nitrogen and oxygen atoms in total. The van der Waals surface area contributed by atoms with Gasteiger partial charge in [-0.25, -0.2) is 4.79 Å². The zero-order chi connectivity index (χ0) is 15.4. The summed E-state index contributed by atoms with van der Waals surface area (Å²) in [6.07, 6.45) is 3.10. The van der Waals surface area contributed by atoms with Crippen LogP contribution in [0.25, 0.3) is 0 Å². The van der Waals surface area contributed by atoms with E-state index in [1.807, 2.05) is 4.90 Å². The molecule has 0 aliphatic heterocycles. The smallest absolute Gasteiger partial charge is 0.322 e. The van der Waals surface area contributed by atoms with Crippen LogP contribution in [0, 0.1) is 16.0 Å². The molecule has 0 aromatic heterocycles. The molecule has 0 saturated heterocycles. The molecule has 114 valence electrons. The second-order valence-corrected chi connectivity index (χ2v) is 5.84. The summed E-state index contributed by atoms with van der Waals surface area (Å²) in [6.45, 7) is 5.03. The van der Waals surface area contributed by atoms with E-state index in [2.05, 4.69) is 19.2 Å². The van der Waals surface area contributed by atoms with Gasteiger partial charge in [0.15, 0.2) is 0 Å². The van der Waals surface area contributed by atoms with Crippen LogP contribution in [0.5, 0.6) is 0 Å². The Kier molecular flexibility index (Phi) is 4.77. The number of hydrogen-bond acceptors (Lipinski definition) is 3. The van der Waals surface area contributed by atoms with Crippen LogP contribution >= 0.6 is 0 Å². The molecule has 0 heterocycles. The Morgan fingerprint density at radius 3 is 2.48 bits per heavy atom. The van der Waals surface area contributed by atoms with Crippen LogP contribution in [0.3, 0.4) is 0 Å². The third-order valence-corrected chi connectivity index (χ3v) is 3.53. The molecule has 1 aromatic carbocycles. The van der Waals surface area contributed by atoms with E-state index in [0.29, 0.717) is 17.6 Å². The van der Waals surface area contributed by atoms with Crippen molar-refractivity contribution in [2.75, 3.05) is 11.9 Å². The molecule has 2 amide bonds. The van der Waals surface area contributed by atoms with E-state index in [-0.39, 0.29) is 11.7 Å². The highest BCUT2D eigenvalue weighted by Gasteiger charge is 2.32. The minimum Gasteiger partial charge on any atom is -0.322 e. The molecule has 0 radical (unpaired) electrons. The number of amides is 2. The van der Waals surface area contributed by atoms with Crippen LogP contribution in [0.4, 0.5) is 16.2 Å². The van der Waals surface area contributed by atoms with Gasteiger partial charge in [-0.05, 0) is 37.3 Å². The van der Waals surface area contributed by atoms with E-state index < -0.39 is 4.92 Å². The van der Waals surface area contributed by atoms with E-state index in [0.717, 1.165) is 25.8 Å². The van der Waals surface area contributed by atoms with Gasteiger partial charge in [0.2, 0.25) is 0 Å². The van der Waals surface area contributed by atoms with Crippen LogP contribution < -0.4 is 5.32 Å². The summed E-state index contributed by atoms with van der Waals surface area (Å²) in [7, 11) is 0. The predicted molar refractivity (Wildman–Crippen MR) is 81.3 cm³/mol. The lowest BCUT2D eigenvalue weighted by Gasteiger charge is -2.23. The molecule has 0 spiro atoms. The van der Waals surface area contributed by atoms with E-state index >= 15 is 0 Å². The van der Waals surface area contributed by atoms with Crippen molar-refractivity contribution in [3.05, 3.63) is 34.4 Å². The topological polar surface area (TPSA) is 75.5 Å². The first-order valence-electron chi connectivity index (χ1n) is 7.29. The lowest BCUT2D eigenvalue weighted by Crippen LogP contribution is -2.37. The molecule has 0 bridgehead atoms. The van der Waals surface area contributed by atoms with Crippen molar-refractivity contribution in [3.8, 4) is 0 Å². The van der Waals surface area contributed by atoms with Gasteiger partial charge < -0.3 is 10.2 Å². The number of hydrogen-bond donors (Lipinski definition) is 1. The molecule has 1 saturated carbocycles. The van der Waals surface area contributed by atoms with Gasteiger partial charge in [-0.15, -0.1) is 0 Å². The van der Waals surface area contributed by atoms with Crippen LogP contribution in [0.2, 0.25) is 0 Å². The van der Waals surface area contributed by atoms with E-state index in [1.54, 1.807) is 12.1 Å². The van der Waals surface area contributed by atoms with E-state index in [1.165, 1.54) is 12.1 Å². The maximum absolute atomic E-state index is 12.3. The Bertz CT molecular complexity index is 509. The quantitative estimate of drug-likeness (QED) is 0.642. The lowest BCUT2D eigenvalue weighted by molar-refractivity contribution is -0.384. The third kappa shape index (κ3) is 4.44. The fourth-order valence-electron chi connectivity index (χ4n) is 2.10. The summed E-state index contributed by atoms with van der Waals surface area (Å²) >= 11 is 0. The zero-order valence-corrected chi connectivity index (χ0v) is 12.4. The number of anilines is 1. The summed E-state index contributed by atoms with van der Waals surface area (Å²) < 4.78 is 0. The normalized spacial score (nSPS) is 14.0. The predicted octanol–water partition coefficient (Wildman–Crippen LogP) is 3.64. The number of benzene rings is 1. The zero-order valence-electron chi connectivity index (χ0n) is 12.4. The molecule has 6 heteroatoms. The summed E-state index contributed by atoms with van der Waals surface area (Å²) in [6, 6.07) is 6.14. The van der Waals surface area contributed by atoms with E-state index in [4.69, 9.17) is 0 Å². The minimum atomic E-state index is -0.454. The highest BCUT2D eigenvalue weighted by Crippen LogP contribution is 2.28. The standard InChI is InChI=1S/C15H21N3O3/c1-11(2)9-10-17(13-7-8-13)15(19)16-12-3-5-14(6-4-12)18(20)21/h3-6,11,13H,7-10H2,1-2H3,(H,16,19). The number of urea groups is 1. The van der Waals surface area contributed by atoms with Crippen molar-refractivity contribution in [1.82, 2.24) is 4.90 Å². The first kappa shape index (κ1) is 15.3. The second kappa shape index (κ2) is 6.56. The first-order chi connectivity index (χ1) is 9.97. The lowest BCUT2D eigenvalue weighted by atomic mass is 10.1. The van der Waals surface area contributed by atoms with Gasteiger partial charge in [0.25, 0.3) is 5.69 Å². The van der Waals surface area contributed by atoms with Crippen LogP contribution in [0.1, 0.15) is 33.1 Å². The number of rotatable bonds is 6. The number of nitro benzene ring substituents is 1. The molecular formula is C15H21N3O3. The van der Waals surface area contributed by atoms with Crippen molar-refractivity contribution in [2.45, 2.75) is 39.2 Å². The Morgan fingerprint density at radius 2 is 2.00 bits per heavy atom. The molecule has 2 rings (SSSR count). The largest absolute Gasteiger partial charge is 0.322 e. The van der Waals surface area contributed by atoms with Crippen molar-refractivity contribution < 1.29 is 9.72 Å². The Labute approximate surface area is 124 Å². The van der Waals surface area contributed by atoms with Crippen molar-refractivity contribution in [3.63, 3.8) is 0 Å². The van der Waals surface area contributed by atoms with Gasteiger partial charge in [0, 0.05) is 30.4 Å². The average molecular weight is 291 g/mol. The van der Waals surface area contributed by atoms with Gasteiger partial charge >= 0.3 is 6.03 Å². The van der Waals surface area contributed by atoms with Gasteiger partial charge in [0.1, 0.15) is 0 Å². The summed E-state index contributed by atoms with van der Waals surface area (Å²) in [5, 5.41) is 13.4. The highest BCUT2D eigenvalue weighted by atomic mass is 16.6. The van der Waals surface area contributed by atoms with Crippen LogP contribution in [0.15, 0.2) is 24.3 Å². The van der Waals surface area contributed by atoms with Gasteiger partial charge in [-0.3, -0.25) is 10.1 Å². The number of nitrogens with zero attached hydrogens (tertiary/aromatic N) is 2. The van der Waals surface area contributed by atoms with Gasteiger partial charge in [-0.1, -0.05) is 13.8 Å². The van der Waals surface area contributed by atoms with Crippen molar-refractivity contribution in [2.24, 2.45) is 5.92 Å². The fraction of sp³-hybridized carbons (Fsp3) is 0.533. The Morgan fingerprint density at radius 1 is 1.38 bits per heavy atom. The summed E-state index contributed by atoms with van der Waals surface area (Å²) in [5.41, 5.74) is 0.604. The number of non-ortho nitro benzene ring substituents is 1. The Hall–Kier alpha value is -2.11. The molecule has 1 aromatic rings. The first-order valence-corrected chi connectivity index (χ1v) is 7.29. The van der Waals surface area contributed by atoms with Crippen LogP contribution in [-0.2, 0) is 0 Å². The highest BCUT2D eigenvalue weighted by molar-refractivity contribution is 5.89. The molecule has 0 unspecified atom stereocenters. The molecular weight excluding hydrogens is 270 g/mol. The summed E-state index contributed by atoms with van der Waals surface area (Å²) in [5.74, 6) is 0.554. The number of nitrogens with one attached hydrogen (secondary N) is 1. The SMILES string of the molecule is CC(C)CCN(C(=O)Nc1ccc([N+](=O)[O-])cc1)C1CC1. The minimum absolute atomic E-state index is 0.0202. The molecule has 21 heavy (non-hydrogen) atoms. The van der Waals surface area contributed by atoms with Gasteiger partial charge in [0.05, 0.1) is 4.92 Å². The molecule has 1 aliphatic rings. The monoisotopic (exact) mass is 291 g/mol. The van der Waals surface area contributed by atoms with Gasteiger partial charge in [-0.2, -0.15) is 0 Å². The molecule has 1 aliphatic carbocycles. The van der Waals surface area contributed by atoms with E-state index in [9.17, 15) is 14.9 Å². The summed E-state index contributed by atoms with van der Waals surface area (Å²) in [4.78, 5) is 24.3. The second-order valence-electron chi connectivity index (χ2n) is 5.84. The van der Waals surface area contributed by atoms with Crippen molar-refractivity contribution in [1.29, 1.82) is 0 Å². The number of carbonyl (C=O) groups is 1. The molecule has 0 atom stereocenters. The third-order valence-electron chi connectivity index (χ3n) is 3.53. The molecule has 1 N–H and O–H groups in total. The molecule has 1 fully saturated rings. The fourth-order valence-corrected chi connectivity index (χ4v) is 2.10. The average Bonchev–Trinajstić information content (AvgIpc) is 3.23. The maximum atomic E-state index is 12.3. The van der Waals surface area contributed by atoms with Crippen molar-refractivity contribution >= 4 is 17.4 Å². The number of carbonyl (C=O) groups excluding carboxylic acids is 1. The van der Waals surface area contributed by atoms with Crippen LogP contribution in [-0.4, -0.2) is 28.4 Å².